The first-order chi connectivity index (χ1) is 16.6. The number of nitrogen functional groups attached to an aromatic ring is 1. The van der Waals surface area contributed by atoms with Gasteiger partial charge in [-0.25, -0.2) is 19.0 Å². The highest BCUT2D eigenvalue weighted by molar-refractivity contribution is 6.28. The number of hydrogen-bond acceptors (Lipinski definition) is 9. The van der Waals surface area contributed by atoms with Gasteiger partial charge in [0.1, 0.15) is 11.7 Å². The second-order valence-electron chi connectivity index (χ2n) is 8.00. The van der Waals surface area contributed by atoms with Crippen LogP contribution >= 0.6 is 11.6 Å². The van der Waals surface area contributed by atoms with Crippen LogP contribution in [0.4, 0.5) is 10.2 Å². The molecule has 3 unspecified atom stereocenters. The van der Waals surface area contributed by atoms with Crippen molar-refractivity contribution in [1.29, 1.82) is 0 Å². The molecule has 0 bridgehead atoms. The van der Waals surface area contributed by atoms with Crippen LogP contribution < -0.4 is 5.73 Å². The molecule has 1 aromatic carbocycles. The number of aliphatic carboxylic acids is 2. The third kappa shape index (κ3) is 4.75. The summed E-state index contributed by atoms with van der Waals surface area (Å²) in [7, 11) is 0. The molecule has 1 saturated heterocycles. The van der Waals surface area contributed by atoms with Gasteiger partial charge >= 0.3 is 11.9 Å². The Morgan fingerprint density at radius 2 is 1.89 bits per heavy atom. The van der Waals surface area contributed by atoms with E-state index in [4.69, 9.17) is 31.9 Å². The SMILES string of the molecule is Nc1nc(Cl)nc2c1ncn2C1OC(COC(Cc2ccc(CO)cc2)(C(=O)O)C(=O)O)CC1F. The second-order valence-corrected chi connectivity index (χ2v) is 8.34. The number of nitrogens with zero attached hydrogens (tertiary/aromatic N) is 4. The predicted octanol–water partition coefficient (Wildman–Crippen LogP) is 1.35. The van der Waals surface area contributed by atoms with E-state index >= 15 is 0 Å². The van der Waals surface area contributed by atoms with E-state index in [-0.39, 0.29) is 35.3 Å². The lowest BCUT2D eigenvalue weighted by atomic mass is 9.93. The van der Waals surface area contributed by atoms with E-state index in [1.54, 1.807) is 12.1 Å². The third-order valence-corrected chi connectivity index (χ3v) is 5.86. The fourth-order valence-corrected chi connectivity index (χ4v) is 4.02. The maximum absolute atomic E-state index is 14.9. The maximum Gasteiger partial charge on any atom is 0.348 e. The van der Waals surface area contributed by atoms with Gasteiger partial charge in [0.05, 0.1) is 25.6 Å². The van der Waals surface area contributed by atoms with Crippen molar-refractivity contribution in [2.75, 3.05) is 12.3 Å². The fourth-order valence-electron chi connectivity index (χ4n) is 3.85. The van der Waals surface area contributed by atoms with Crippen molar-refractivity contribution < 1.29 is 38.8 Å². The normalized spacial score (nSPS) is 20.4. The molecule has 2 aromatic heterocycles. The molecule has 35 heavy (non-hydrogen) atoms. The second kappa shape index (κ2) is 9.70. The summed E-state index contributed by atoms with van der Waals surface area (Å²) in [4.78, 5) is 35.9. The van der Waals surface area contributed by atoms with Gasteiger partial charge in [-0.05, 0) is 22.7 Å². The van der Waals surface area contributed by atoms with Crippen LogP contribution in [0.3, 0.4) is 0 Å². The quantitative estimate of drug-likeness (QED) is 0.241. The highest BCUT2D eigenvalue weighted by atomic mass is 35.5. The van der Waals surface area contributed by atoms with E-state index in [1.165, 1.54) is 23.0 Å². The van der Waals surface area contributed by atoms with Crippen molar-refractivity contribution in [3.63, 3.8) is 0 Å². The number of hydrogen-bond donors (Lipinski definition) is 4. The number of fused-ring (bicyclic) bond motifs is 1. The number of carboxylic acids is 2. The van der Waals surface area contributed by atoms with E-state index in [2.05, 4.69) is 15.0 Å². The Hall–Kier alpha value is -3.39. The Balaban J connectivity index is 1.52. The number of aromatic nitrogens is 4. The third-order valence-electron chi connectivity index (χ3n) is 5.69. The number of carboxylic acid groups (broad SMARTS) is 2. The Labute approximate surface area is 202 Å². The Kier molecular flexibility index (Phi) is 6.85. The van der Waals surface area contributed by atoms with E-state index in [1.807, 2.05) is 0 Å². The number of ether oxygens (including phenoxy) is 2. The van der Waals surface area contributed by atoms with Gasteiger partial charge in [-0.2, -0.15) is 9.97 Å². The molecule has 1 fully saturated rings. The molecule has 12 nitrogen and oxygen atoms in total. The molecule has 5 N–H and O–H groups in total. The summed E-state index contributed by atoms with van der Waals surface area (Å²) in [5.41, 5.74) is 4.42. The molecule has 0 amide bonds. The molecule has 186 valence electrons. The molecular formula is C21H21ClFN5O7. The predicted molar refractivity (Wildman–Crippen MR) is 118 cm³/mol. The minimum Gasteiger partial charge on any atom is -0.479 e. The van der Waals surface area contributed by atoms with Crippen LogP contribution in [0.15, 0.2) is 30.6 Å². The molecule has 1 aliphatic heterocycles. The highest BCUT2D eigenvalue weighted by Crippen LogP contribution is 2.35. The largest absolute Gasteiger partial charge is 0.479 e. The zero-order valence-electron chi connectivity index (χ0n) is 18.0. The number of halogens is 2. The maximum atomic E-state index is 14.9. The highest BCUT2D eigenvalue weighted by Gasteiger charge is 2.50. The van der Waals surface area contributed by atoms with Crippen molar-refractivity contribution >= 4 is 40.5 Å². The van der Waals surface area contributed by atoms with Crippen molar-refractivity contribution in [3.8, 4) is 0 Å². The minimum absolute atomic E-state index is 0.00626. The smallest absolute Gasteiger partial charge is 0.348 e. The van der Waals surface area contributed by atoms with Crippen LogP contribution in [-0.4, -0.2) is 71.3 Å². The van der Waals surface area contributed by atoms with Crippen LogP contribution in [0, 0.1) is 0 Å². The monoisotopic (exact) mass is 509 g/mol. The zero-order chi connectivity index (χ0) is 25.3. The number of alkyl halides is 1. The molecule has 0 radical (unpaired) electrons. The van der Waals surface area contributed by atoms with Crippen LogP contribution in [-0.2, 0) is 32.1 Å². The zero-order valence-corrected chi connectivity index (χ0v) is 18.8. The summed E-state index contributed by atoms with van der Waals surface area (Å²) >= 11 is 5.85. The summed E-state index contributed by atoms with van der Waals surface area (Å²) in [5.74, 6) is -3.43. The molecular weight excluding hydrogens is 489 g/mol. The van der Waals surface area contributed by atoms with E-state index in [9.17, 15) is 24.2 Å². The molecule has 3 aromatic rings. The summed E-state index contributed by atoms with van der Waals surface area (Å²) in [6.45, 7) is -0.726. The molecule has 0 saturated carbocycles. The molecule has 0 aliphatic carbocycles. The topological polar surface area (TPSA) is 183 Å². The Morgan fingerprint density at radius 1 is 1.23 bits per heavy atom. The summed E-state index contributed by atoms with van der Waals surface area (Å²) in [6.07, 6.45) is -3.16. The summed E-state index contributed by atoms with van der Waals surface area (Å²) in [5, 5.41) is 28.5. The van der Waals surface area contributed by atoms with Crippen LogP contribution in [0.2, 0.25) is 5.28 Å². The van der Waals surface area contributed by atoms with Crippen LogP contribution in [0.1, 0.15) is 23.8 Å². The Bertz CT molecular complexity index is 1240. The molecule has 3 atom stereocenters. The average Bonchev–Trinajstić information content (AvgIpc) is 3.39. The Morgan fingerprint density at radius 3 is 2.51 bits per heavy atom. The molecule has 4 rings (SSSR count). The van der Waals surface area contributed by atoms with Crippen LogP contribution in [0.25, 0.3) is 11.2 Å². The van der Waals surface area contributed by atoms with Crippen LogP contribution in [0.5, 0.6) is 0 Å². The number of imidazole rings is 1. The van der Waals surface area contributed by atoms with Gasteiger partial charge in [0.15, 0.2) is 17.7 Å². The number of benzene rings is 1. The average molecular weight is 510 g/mol. The van der Waals surface area contributed by atoms with Crippen molar-refractivity contribution in [2.45, 2.75) is 43.6 Å². The van der Waals surface area contributed by atoms with Gasteiger partial charge in [0.2, 0.25) is 5.28 Å². The lowest BCUT2D eigenvalue weighted by Crippen LogP contribution is -2.52. The summed E-state index contributed by atoms with van der Waals surface area (Å²) in [6, 6.07) is 6.08. The van der Waals surface area contributed by atoms with Crippen molar-refractivity contribution in [2.24, 2.45) is 0 Å². The molecule has 0 spiro atoms. The lowest BCUT2D eigenvalue weighted by Gasteiger charge is -2.27. The van der Waals surface area contributed by atoms with Gasteiger partial charge in [0, 0.05) is 12.8 Å². The number of aliphatic hydroxyl groups is 1. The van der Waals surface area contributed by atoms with Gasteiger partial charge in [-0.3, -0.25) is 4.57 Å². The fraction of sp³-hybridized carbons (Fsp3) is 0.381. The van der Waals surface area contributed by atoms with Gasteiger partial charge in [0.25, 0.3) is 5.60 Å². The molecule has 3 heterocycles. The summed E-state index contributed by atoms with van der Waals surface area (Å²) < 4.78 is 27.3. The molecule has 14 heteroatoms. The number of anilines is 1. The number of rotatable bonds is 9. The number of carbonyl (C=O) groups is 2. The minimum atomic E-state index is -2.63. The first-order valence-electron chi connectivity index (χ1n) is 10.4. The first kappa shape index (κ1) is 24.7. The van der Waals surface area contributed by atoms with Gasteiger partial charge < -0.3 is 30.5 Å². The van der Waals surface area contributed by atoms with Gasteiger partial charge in [-0.1, -0.05) is 24.3 Å². The van der Waals surface area contributed by atoms with E-state index in [0.717, 1.165) is 0 Å². The number of aliphatic hydroxyl groups excluding tert-OH is 1. The lowest BCUT2D eigenvalue weighted by molar-refractivity contribution is -0.188. The van der Waals surface area contributed by atoms with Crippen molar-refractivity contribution in [1.82, 2.24) is 19.5 Å². The van der Waals surface area contributed by atoms with E-state index in [0.29, 0.717) is 11.1 Å². The van der Waals surface area contributed by atoms with Crippen molar-refractivity contribution in [3.05, 3.63) is 47.0 Å². The standard InChI is InChI=1S/C21H21ClFN5O7/c22-20-26-15(24)14-16(27-20)28(9-25-14)17-13(23)5-12(35-17)8-34-21(18(30)31,19(32)33)6-10-1-3-11(7-29)4-2-10/h1-4,9,12-13,17,29H,5-8H2,(H,30,31)(H,32,33)(H2,24,26,27). The molecule has 1 aliphatic rings. The number of nitrogens with two attached hydrogens (primary N) is 1. The first-order valence-corrected chi connectivity index (χ1v) is 10.8. The van der Waals surface area contributed by atoms with Gasteiger partial charge in [-0.15, -0.1) is 0 Å². The van der Waals surface area contributed by atoms with E-state index < -0.39 is 49.1 Å².